The lowest BCUT2D eigenvalue weighted by Crippen LogP contribution is -2.22. The highest BCUT2D eigenvalue weighted by molar-refractivity contribution is 6.13. The van der Waals surface area contributed by atoms with Gasteiger partial charge in [-0.15, -0.1) is 0 Å². The summed E-state index contributed by atoms with van der Waals surface area (Å²) in [6.07, 6.45) is 0. The molecular weight excluding hydrogens is 733 g/mol. The SMILES string of the molecule is C[C@@]1(c2ccc3oc4cccc(-c5cc(-c6ccccc6)c(C#N)c(-c6ccccc6)n5)c4c3c2)c2ccccc2-c2cc(-c3ccc4oc5ccccc5c4c3)ccc21. The number of aromatic nitrogens is 1. The molecule has 0 unspecified atom stereocenters. The van der Waals surface area contributed by atoms with E-state index < -0.39 is 5.41 Å². The molecule has 11 aromatic rings. The van der Waals surface area contributed by atoms with Crippen LogP contribution < -0.4 is 0 Å². The summed E-state index contributed by atoms with van der Waals surface area (Å²) >= 11 is 0. The molecule has 0 saturated carbocycles. The molecule has 1 atom stereocenters. The van der Waals surface area contributed by atoms with E-state index in [1.807, 2.05) is 72.8 Å². The number of fused-ring (bicyclic) bond motifs is 9. The summed E-state index contributed by atoms with van der Waals surface area (Å²) in [4.78, 5) is 5.27. The van der Waals surface area contributed by atoms with Gasteiger partial charge in [-0.05, 0) is 100.0 Å². The Morgan fingerprint density at radius 2 is 1.08 bits per heavy atom. The molecule has 4 heteroatoms. The standard InChI is InChI=1S/C56H34N2O2/c1-56(47-20-10-8-17-39(47)43-29-36(23-26-48(43)56)37-24-27-51-44(30-37)40-18-9-11-21-50(40)59-51)38-25-28-52-45(31-38)54-41(19-12-22-53(54)60-52)49-32-42(34-13-4-2-5-14-34)46(33-57)55(58-49)35-15-6-3-7-16-35/h2-32H,1H3/t56-/m1/s1. The number of furan rings is 2. The molecule has 3 aromatic heterocycles. The van der Waals surface area contributed by atoms with Crippen molar-refractivity contribution in [3.05, 3.63) is 210 Å². The van der Waals surface area contributed by atoms with Crippen LogP contribution in [0.1, 0.15) is 29.2 Å². The Morgan fingerprint density at radius 1 is 0.450 bits per heavy atom. The van der Waals surface area contributed by atoms with Crippen molar-refractivity contribution in [1.82, 2.24) is 4.98 Å². The predicted octanol–water partition coefficient (Wildman–Crippen LogP) is 14.8. The quantitative estimate of drug-likeness (QED) is 0.175. The molecule has 1 aliphatic rings. The van der Waals surface area contributed by atoms with E-state index in [9.17, 15) is 5.26 Å². The largest absolute Gasteiger partial charge is 0.456 e. The smallest absolute Gasteiger partial charge is 0.136 e. The summed E-state index contributed by atoms with van der Waals surface area (Å²) in [6.45, 7) is 2.35. The van der Waals surface area contributed by atoms with E-state index in [1.165, 1.54) is 33.4 Å². The lowest BCUT2D eigenvalue weighted by Gasteiger charge is -2.28. The molecule has 12 rings (SSSR count). The number of para-hydroxylation sites is 1. The van der Waals surface area contributed by atoms with Crippen LogP contribution >= 0.6 is 0 Å². The van der Waals surface area contributed by atoms with Crippen LogP contribution in [0.2, 0.25) is 0 Å². The van der Waals surface area contributed by atoms with Crippen LogP contribution in [0.5, 0.6) is 0 Å². The van der Waals surface area contributed by atoms with Crippen LogP contribution in [-0.4, -0.2) is 4.98 Å². The second kappa shape index (κ2) is 13.0. The third-order valence-electron chi connectivity index (χ3n) is 12.6. The zero-order valence-electron chi connectivity index (χ0n) is 32.6. The average molecular weight is 767 g/mol. The lowest BCUT2D eigenvalue weighted by atomic mass is 9.74. The number of hydrogen-bond acceptors (Lipinski definition) is 4. The zero-order valence-corrected chi connectivity index (χ0v) is 32.6. The van der Waals surface area contributed by atoms with Gasteiger partial charge in [0.25, 0.3) is 0 Å². The van der Waals surface area contributed by atoms with Gasteiger partial charge in [-0.2, -0.15) is 5.26 Å². The van der Waals surface area contributed by atoms with Crippen molar-refractivity contribution in [1.29, 1.82) is 5.26 Å². The highest BCUT2D eigenvalue weighted by Gasteiger charge is 2.41. The van der Waals surface area contributed by atoms with Crippen molar-refractivity contribution < 1.29 is 8.83 Å². The molecule has 0 fully saturated rings. The minimum absolute atomic E-state index is 0.435. The van der Waals surface area contributed by atoms with Crippen molar-refractivity contribution in [2.45, 2.75) is 12.3 Å². The third-order valence-corrected chi connectivity index (χ3v) is 12.6. The monoisotopic (exact) mass is 766 g/mol. The molecule has 8 aromatic carbocycles. The highest BCUT2D eigenvalue weighted by Crippen LogP contribution is 2.54. The summed E-state index contributed by atoms with van der Waals surface area (Å²) in [5.74, 6) is 0. The van der Waals surface area contributed by atoms with Crippen LogP contribution in [0, 0.1) is 11.3 Å². The van der Waals surface area contributed by atoms with Crippen LogP contribution in [-0.2, 0) is 5.41 Å². The molecule has 0 radical (unpaired) electrons. The summed E-state index contributed by atoms with van der Waals surface area (Å²) in [7, 11) is 0. The van der Waals surface area contributed by atoms with E-state index >= 15 is 0 Å². The summed E-state index contributed by atoms with van der Waals surface area (Å²) in [5, 5.41) is 14.9. The Labute approximate surface area is 346 Å². The van der Waals surface area contributed by atoms with E-state index in [0.29, 0.717) is 11.3 Å². The molecule has 0 saturated heterocycles. The molecule has 0 spiro atoms. The number of benzene rings is 8. The normalized spacial score (nSPS) is 14.5. The van der Waals surface area contributed by atoms with Crippen LogP contribution in [0.4, 0.5) is 0 Å². The van der Waals surface area contributed by atoms with Crippen molar-refractivity contribution >= 4 is 43.9 Å². The van der Waals surface area contributed by atoms with Gasteiger partial charge < -0.3 is 8.83 Å². The fourth-order valence-corrected chi connectivity index (χ4v) is 9.70. The summed E-state index contributed by atoms with van der Waals surface area (Å²) in [5.41, 5.74) is 17.1. The molecule has 1 aliphatic carbocycles. The Hall–Kier alpha value is -8.00. The highest BCUT2D eigenvalue weighted by atomic mass is 16.3. The van der Waals surface area contributed by atoms with Crippen LogP contribution in [0.3, 0.4) is 0 Å². The van der Waals surface area contributed by atoms with Crippen molar-refractivity contribution in [3.8, 4) is 62.0 Å². The van der Waals surface area contributed by atoms with E-state index in [1.54, 1.807) is 0 Å². The Balaban J connectivity index is 1.04. The van der Waals surface area contributed by atoms with Gasteiger partial charge in [-0.25, -0.2) is 4.98 Å². The number of nitrogens with zero attached hydrogens (tertiary/aromatic N) is 2. The fourth-order valence-electron chi connectivity index (χ4n) is 9.70. The maximum atomic E-state index is 10.6. The molecule has 0 N–H and O–H groups in total. The Morgan fingerprint density at radius 3 is 1.93 bits per heavy atom. The lowest BCUT2D eigenvalue weighted by molar-refractivity contribution is 0.667. The van der Waals surface area contributed by atoms with Crippen molar-refractivity contribution in [3.63, 3.8) is 0 Å². The maximum absolute atomic E-state index is 10.6. The average Bonchev–Trinajstić information content (AvgIpc) is 3.96. The second-order valence-electron chi connectivity index (χ2n) is 15.9. The van der Waals surface area contributed by atoms with E-state index in [4.69, 9.17) is 13.8 Å². The molecule has 3 heterocycles. The van der Waals surface area contributed by atoms with Gasteiger partial charge in [0.15, 0.2) is 0 Å². The Kier molecular flexibility index (Phi) is 7.39. The van der Waals surface area contributed by atoms with Gasteiger partial charge in [0.2, 0.25) is 0 Å². The van der Waals surface area contributed by atoms with Gasteiger partial charge >= 0.3 is 0 Å². The number of pyridine rings is 1. The van der Waals surface area contributed by atoms with Gasteiger partial charge in [0.05, 0.1) is 17.0 Å². The van der Waals surface area contributed by atoms with E-state index in [2.05, 4.69) is 128 Å². The first-order valence-electron chi connectivity index (χ1n) is 20.2. The van der Waals surface area contributed by atoms with E-state index in [0.717, 1.165) is 77.4 Å². The number of nitriles is 1. The molecule has 0 bridgehead atoms. The molecular formula is C56H34N2O2. The topological polar surface area (TPSA) is 63.0 Å². The summed E-state index contributed by atoms with van der Waals surface area (Å²) in [6, 6.07) is 68.0. The van der Waals surface area contributed by atoms with Crippen molar-refractivity contribution in [2.24, 2.45) is 0 Å². The van der Waals surface area contributed by atoms with Crippen LogP contribution in [0.15, 0.2) is 197 Å². The summed E-state index contributed by atoms with van der Waals surface area (Å²) < 4.78 is 12.8. The number of rotatable bonds is 5. The minimum Gasteiger partial charge on any atom is -0.456 e. The minimum atomic E-state index is -0.435. The van der Waals surface area contributed by atoms with Crippen LogP contribution in [0.25, 0.3) is 99.8 Å². The molecule has 60 heavy (non-hydrogen) atoms. The first-order valence-corrected chi connectivity index (χ1v) is 20.2. The first-order chi connectivity index (χ1) is 29.6. The van der Waals surface area contributed by atoms with E-state index in [-0.39, 0.29) is 0 Å². The van der Waals surface area contributed by atoms with Gasteiger partial charge in [-0.1, -0.05) is 140 Å². The third kappa shape index (κ3) is 5.00. The fraction of sp³-hybridized carbons (Fsp3) is 0.0357. The van der Waals surface area contributed by atoms with Gasteiger partial charge in [-0.3, -0.25) is 0 Å². The predicted molar refractivity (Wildman–Crippen MR) is 243 cm³/mol. The van der Waals surface area contributed by atoms with Gasteiger partial charge in [0.1, 0.15) is 28.4 Å². The first kappa shape index (κ1) is 34.1. The molecule has 0 aliphatic heterocycles. The van der Waals surface area contributed by atoms with Crippen molar-refractivity contribution in [2.75, 3.05) is 0 Å². The molecule has 0 amide bonds. The maximum Gasteiger partial charge on any atom is 0.136 e. The number of hydrogen-bond donors (Lipinski definition) is 0. The second-order valence-corrected chi connectivity index (χ2v) is 15.9. The zero-order chi connectivity index (χ0) is 40.0. The Bertz CT molecular complexity index is 3510. The molecule has 280 valence electrons. The molecule has 4 nitrogen and oxygen atoms in total. The van der Waals surface area contributed by atoms with Gasteiger partial charge in [0, 0.05) is 43.7 Å².